The Morgan fingerprint density at radius 2 is 1.75 bits per heavy atom. The Morgan fingerprint density at radius 1 is 1.06 bits per heavy atom. The molecule has 0 amide bonds. The summed E-state index contributed by atoms with van der Waals surface area (Å²) in [4.78, 5) is 8.19. The molecule has 1 aromatic heterocycles. The molecule has 16 heavy (non-hydrogen) atoms. The van der Waals surface area contributed by atoms with Gasteiger partial charge in [0.1, 0.15) is 0 Å². The summed E-state index contributed by atoms with van der Waals surface area (Å²) in [6.07, 6.45) is 3.26. The molecule has 0 unspecified atom stereocenters. The number of halogens is 2. The molecule has 0 aliphatic heterocycles. The molecule has 3 nitrogen and oxygen atoms in total. The van der Waals surface area contributed by atoms with E-state index >= 15 is 0 Å². The highest BCUT2D eigenvalue weighted by Crippen LogP contribution is 2.30. The molecule has 2 aromatic rings. The van der Waals surface area contributed by atoms with Crippen LogP contribution in [0.2, 0.25) is 10.0 Å². The molecule has 0 fully saturated rings. The summed E-state index contributed by atoms with van der Waals surface area (Å²) < 4.78 is 0. The van der Waals surface area contributed by atoms with Gasteiger partial charge in [0, 0.05) is 23.0 Å². The lowest BCUT2D eigenvalue weighted by Crippen LogP contribution is -1.92. The van der Waals surface area contributed by atoms with Crippen LogP contribution in [0.25, 0.3) is 11.4 Å². The highest BCUT2D eigenvalue weighted by molar-refractivity contribution is 6.36. The Hall–Kier alpha value is -1.16. The van der Waals surface area contributed by atoms with Crippen LogP contribution < -0.4 is 0 Å². The van der Waals surface area contributed by atoms with Gasteiger partial charge in [-0.15, -0.1) is 0 Å². The van der Waals surface area contributed by atoms with Crippen LogP contribution in [0.15, 0.2) is 30.6 Å². The highest BCUT2D eigenvalue weighted by Gasteiger charge is 2.10. The van der Waals surface area contributed by atoms with Crippen LogP contribution in [0.1, 0.15) is 5.56 Å². The van der Waals surface area contributed by atoms with Crippen molar-refractivity contribution in [2.24, 2.45) is 0 Å². The standard InChI is InChI=1S/C11H8Cl2N2O/c12-9-5-10(13)8(4-7(9)6-16)11-14-2-1-3-15-11/h1-5,16H,6H2. The fourth-order valence-electron chi connectivity index (χ4n) is 1.32. The minimum Gasteiger partial charge on any atom is -0.392 e. The average Bonchev–Trinajstić information content (AvgIpc) is 2.30. The molecule has 82 valence electrons. The first-order valence-electron chi connectivity index (χ1n) is 4.58. The second kappa shape index (κ2) is 4.78. The topological polar surface area (TPSA) is 46.0 Å². The van der Waals surface area contributed by atoms with E-state index in [9.17, 15) is 0 Å². The van der Waals surface area contributed by atoms with Crippen LogP contribution >= 0.6 is 23.2 Å². The maximum Gasteiger partial charge on any atom is 0.160 e. The third-order valence-corrected chi connectivity index (χ3v) is 2.78. The number of aliphatic hydroxyl groups is 1. The molecule has 0 saturated carbocycles. The average molecular weight is 255 g/mol. The van der Waals surface area contributed by atoms with Crippen molar-refractivity contribution in [3.05, 3.63) is 46.2 Å². The second-order valence-corrected chi connectivity index (χ2v) is 3.97. The van der Waals surface area contributed by atoms with Crippen molar-refractivity contribution in [3.63, 3.8) is 0 Å². The molecule has 0 atom stereocenters. The zero-order valence-electron chi connectivity index (χ0n) is 8.19. The molecule has 2 rings (SSSR count). The fourth-order valence-corrected chi connectivity index (χ4v) is 1.85. The van der Waals surface area contributed by atoms with Gasteiger partial charge in [0.15, 0.2) is 5.82 Å². The van der Waals surface area contributed by atoms with Gasteiger partial charge in [0.25, 0.3) is 0 Å². The lowest BCUT2D eigenvalue weighted by atomic mass is 10.1. The molecule has 0 aliphatic rings. The van der Waals surface area contributed by atoms with E-state index in [0.29, 0.717) is 27.0 Å². The minimum atomic E-state index is -0.143. The van der Waals surface area contributed by atoms with Crippen LogP contribution in [-0.2, 0) is 6.61 Å². The quantitative estimate of drug-likeness (QED) is 0.897. The normalized spacial score (nSPS) is 10.4. The monoisotopic (exact) mass is 254 g/mol. The Balaban J connectivity index is 2.57. The molecule has 5 heteroatoms. The molecule has 1 N–H and O–H groups in total. The fraction of sp³-hybridized carbons (Fsp3) is 0.0909. The van der Waals surface area contributed by atoms with Gasteiger partial charge in [-0.2, -0.15) is 0 Å². The van der Waals surface area contributed by atoms with E-state index in [2.05, 4.69) is 9.97 Å². The summed E-state index contributed by atoms with van der Waals surface area (Å²) in [7, 11) is 0. The number of benzene rings is 1. The van der Waals surface area contributed by atoms with Gasteiger partial charge < -0.3 is 5.11 Å². The van der Waals surface area contributed by atoms with Crippen LogP contribution in [0.4, 0.5) is 0 Å². The summed E-state index contributed by atoms with van der Waals surface area (Å²) in [5, 5.41) is 10.0. The lowest BCUT2D eigenvalue weighted by molar-refractivity contribution is 0.282. The summed E-state index contributed by atoms with van der Waals surface area (Å²) in [6, 6.07) is 5.00. The minimum absolute atomic E-state index is 0.143. The van der Waals surface area contributed by atoms with Gasteiger partial charge in [-0.3, -0.25) is 0 Å². The van der Waals surface area contributed by atoms with E-state index < -0.39 is 0 Å². The van der Waals surface area contributed by atoms with Gasteiger partial charge >= 0.3 is 0 Å². The van der Waals surface area contributed by atoms with Gasteiger partial charge in [-0.05, 0) is 23.8 Å². The Morgan fingerprint density at radius 3 is 2.38 bits per heavy atom. The van der Waals surface area contributed by atoms with Crippen molar-refractivity contribution in [1.82, 2.24) is 9.97 Å². The molecule has 1 heterocycles. The molecular formula is C11H8Cl2N2O. The lowest BCUT2D eigenvalue weighted by Gasteiger charge is -2.06. The molecule has 0 aliphatic carbocycles. The highest BCUT2D eigenvalue weighted by atomic mass is 35.5. The van der Waals surface area contributed by atoms with E-state index in [0.717, 1.165) is 0 Å². The first-order valence-corrected chi connectivity index (χ1v) is 5.34. The van der Waals surface area contributed by atoms with E-state index in [1.807, 2.05) is 0 Å². The molecule has 0 spiro atoms. The van der Waals surface area contributed by atoms with Gasteiger partial charge in [-0.1, -0.05) is 23.2 Å². The number of aliphatic hydroxyl groups excluding tert-OH is 1. The molecular weight excluding hydrogens is 247 g/mol. The zero-order valence-corrected chi connectivity index (χ0v) is 9.70. The summed E-state index contributed by atoms with van der Waals surface area (Å²) in [5.74, 6) is 0.513. The third-order valence-electron chi connectivity index (χ3n) is 2.11. The predicted molar refractivity (Wildman–Crippen MR) is 63.4 cm³/mol. The van der Waals surface area contributed by atoms with Crippen LogP contribution in [-0.4, -0.2) is 15.1 Å². The maximum absolute atomic E-state index is 9.11. The van der Waals surface area contributed by atoms with Crippen molar-refractivity contribution >= 4 is 23.2 Å². The molecule has 0 radical (unpaired) electrons. The summed E-state index contributed by atoms with van der Waals surface area (Å²) in [5.41, 5.74) is 1.27. The number of aromatic nitrogens is 2. The predicted octanol–water partition coefficient (Wildman–Crippen LogP) is 2.94. The van der Waals surface area contributed by atoms with E-state index in [-0.39, 0.29) is 6.61 Å². The van der Waals surface area contributed by atoms with Gasteiger partial charge in [-0.25, -0.2) is 9.97 Å². The maximum atomic E-state index is 9.11. The van der Waals surface area contributed by atoms with E-state index in [1.165, 1.54) is 0 Å². The molecule has 0 bridgehead atoms. The Bertz CT molecular complexity index is 503. The van der Waals surface area contributed by atoms with Crippen LogP contribution in [0.5, 0.6) is 0 Å². The number of hydrogen-bond acceptors (Lipinski definition) is 3. The summed E-state index contributed by atoms with van der Waals surface area (Å²) in [6.45, 7) is -0.143. The largest absolute Gasteiger partial charge is 0.392 e. The van der Waals surface area contributed by atoms with E-state index in [1.54, 1.807) is 30.6 Å². The first-order chi connectivity index (χ1) is 7.72. The number of rotatable bonds is 2. The third kappa shape index (κ3) is 2.16. The number of nitrogens with zero attached hydrogens (tertiary/aromatic N) is 2. The van der Waals surface area contributed by atoms with Crippen molar-refractivity contribution in [3.8, 4) is 11.4 Å². The second-order valence-electron chi connectivity index (χ2n) is 3.15. The van der Waals surface area contributed by atoms with Crippen molar-refractivity contribution in [2.75, 3.05) is 0 Å². The van der Waals surface area contributed by atoms with E-state index in [4.69, 9.17) is 28.3 Å². The van der Waals surface area contributed by atoms with Gasteiger partial charge in [0.05, 0.1) is 11.6 Å². The summed E-state index contributed by atoms with van der Waals surface area (Å²) >= 11 is 12.0. The Kier molecular flexibility index (Phi) is 3.39. The molecule has 1 aromatic carbocycles. The van der Waals surface area contributed by atoms with Crippen LogP contribution in [0, 0.1) is 0 Å². The zero-order chi connectivity index (χ0) is 11.5. The van der Waals surface area contributed by atoms with Crippen LogP contribution in [0.3, 0.4) is 0 Å². The molecule has 0 saturated heterocycles. The smallest absolute Gasteiger partial charge is 0.160 e. The SMILES string of the molecule is OCc1cc(-c2ncccn2)c(Cl)cc1Cl. The van der Waals surface area contributed by atoms with Gasteiger partial charge in [0.2, 0.25) is 0 Å². The van der Waals surface area contributed by atoms with Crippen molar-refractivity contribution in [1.29, 1.82) is 0 Å². The Labute approximate surface area is 103 Å². The number of hydrogen-bond donors (Lipinski definition) is 1. The van der Waals surface area contributed by atoms with Crippen molar-refractivity contribution < 1.29 is 5.11 Å². The van der Waals surface area contributed by atoms with Crippen molar-refractivity contribution in [2.45, 2.75) is 6.61 Å². The first kappa shape index (κ1) is 11.3.